The van der Waals surface area contributed by atoms with E-state index in [1.807, 2.05) is 0 Å². The quantitative estimate of drug-likeness (QED) is 0.872. The Labute approximate surface area is 104 Å². The van der Waals surface area contributed by atoms with Gasteiger partial charge in [0, 0.05) is 5.56 Å². The number of nitrogens with zero attached hydrogens (tertiary/aromatic N) is 2. The van der Waals surface area contributed by atoms with Gasteiger partial charge in [-0.2, -0.15) is 5.10 Å². The topological polar surface area (TPSA) is 43.8 Å². The monoisotopic (exact) mass is 235 g/mol. The molecule has 0 aromatic carbocycles. The number of fused-ring (bicyclic) bond motifs is 1. The second-order valence-electron chi connectivity index (χ2n) is 5.86. The van der Waals surface area contributed by atoms with E-state index in [-0.39, 0.29) is 5.41 Å². The molecule has 0 aliphatic heterocycles. The summed E-state index contributed by atoms with van der Waals surface area (Å²) in [5, 5.41) is 4.78. The molecule has 0 spiro atoms. The van der Waals surface area contributed by atoms with Crippen LogP contribution in [-0.4, -0.2) is 9.78 Å². The van der Waals surface area contributed by atoms with Gasteiger partial charge in [-0.15, -0.1) is 0 Å². The summed E-state index contributed by atoms with van der Waals surface area (Å²) in [5.74, 6) is 0.915. The van der Waals surface area contributed by atoms with Gasteiger partial charge in [-0.1, -0.05) is 27.7 Å². The summed E-state index contributed by atoms with van der Waals surface area (Å²) in [6, 6.07) is 0.455. The van der Waals surface area contributed by atoms with E-state index in [4.69, 9.17) is 10.8 Å². The Kier molecular flexibility index (Phi) is 3.19. The smallest absolute Gasteiger partial charge is 0.126 e. The van der Waals surface area contributed by atoms with E-state index in [0.717, 1.165) is 25.1 Å². The van der Waals surface area contributed by atoms with E-state index < -0.39 is 0 Å². The number of rotatable bonds is 3. The molecule has 0 saturated heterocycles. The lowest BCUT2D eigenvalue weighted by Gasteiger charge is -2.29. The zero-order valence-electron chi connectivity index (χ0n) is 11.6. The highest BCUT2D eigenvalue weighted by atomic mass is 15.3. The van der Waals surface area contributed by atoms with E-state index in [9.17, 15) is 0 Å². The van der Waals surface area contributed by atoms with Gasteiger partial charge in [0.15, 0.2) is 0 Å². The molecule has 2 N–H and O–H groups in total. The van der Waals surface area contributed by atoms with Crippen molar-refractivity contribution in [3.63, 3.8) is 0 Å². The Bertz CT molecular complexity index is 400. The van der Waals surface area contributed by atoms with Crippen LogP contribution < -0.4 is 5.73 Å². The van der Waals surface area contributed by atoms with E-state index in [1.54, 1.807) is 0 Å². The molecule has 0 radical (unpaired) electrons. The zero-order chi connectivity index (χ0) is 12.6. The Morgan fingerprint density at radius 1 is 1.35 bits per heavy atom. The van der Waals surface area contributed by atoms with Crippen LogP contribution in [0.1, 0.15) is 70.7 Å². The highest BCUT2D eigenvalue weighted by Crippen LogP contribution is 2.41. The summed E-state index contributed by atoms with van der Waals surface area (Å²) in [5.41, 5.74) is 9.11. The predicted molar refractivity (Wildman–Crippen MR) is 72.2 cm³/mol. The second kappa shape index (κ2) is 4.35. The average Bonchev–Trinajstić information content (AvgIpc) is 2.59. The van der Waals surface area contributed by atoms with Gasteiger partial charge in [-0.3, -0.25) is 0 Å². The van der Waals surface area contributed by atoms with Gasteiger partial charge in [0.05, 0.1) is 11.7 Å². The van der Waals surface area contributed by atoms with Crippen molar-refractivity contribution in [3.05, 3.63) is 11.3 Å². The summed E-state index contributed by atoms with van der Waals surface area (Å²) in [6.45, 7) is 9.00. The SMILES string of the molecule is CCC(CC)n1nc2c(c1N)C(C)(C)CCC2. The van der Waals surface area contributed by atoms with E-state index in [2.05, 4.69) is 32.4 Å². The molecular formula is C14H25N3. The van der Waals surface area contributed by atoms with Crippen molar-refractivity contribution in [2.45, 2.75) is 71.3 Å². The van der Waals surface area contributed by atoms with Crippen LogP contribution >= 0.6 is 0 Å². The summed E-state index contributed by atoms with van der Waals surface area (Å²) < 4.78 is 2.08. The molecular weight excluding hydrogens is 210 g/mol. The summed E-state index contributed by atoms with van der Waals surface area (Å²) in [4.78, 5) is 0. The number of aryl methyl sites for hydroxylation is 1. The van der Waals surface area contributed by atoms with Crippen molar-refractivity contribution in [2.75, 3.05) is 5.73 Å². The first kappa shape index (κ1) is 12.5. The Morgan fingerprint density at radius 3 is 2.53 bits per heavy atom. The fraction of sp³-hybridized carbons (Fsp3) is 0.786. The maximum atomic E-state index is 6.35. The second-order valence-corrected chi connectivity index (χ2v) is 5.86. The van der Waals surface area contributed by atoms with Crippen LogP contribution in [0.25, 0.3) is 0 Å². The van der Waals surface area contributed by atoms with Crippen molar-refractivity contribution in [1.82, 2.24) is 9.78 Å². The van der Waals surface area contributed by atoms with E-state index in [0.29, 0.717) is 6.04 Å². The van der Waals surface area contributed by atoms with Gasteiger partial charge in [-0.25, -0.2) is 4.68 Å². The lowest BCUT2D eigenvalue weighted by atomic mass is 9.75. The lowest BCUT2D eigenvalue weighted by Crippen LogP contribution is -2.24. The molecule has 96 valence electrons. The maximum absolute atomic E-state index is 6.35. The molecule has 1 heterocycles. The molecule has 3 heteroatoms. The molecule has 1 aliphatic rings. The number of anilines is 1. The molecule has 1 aliphatic carbocycles. The number of hydrogen-bond acceptors (Lipinski definition) is 2. The standard InChI is InChI=1S/C14H25N3/c1-5-10(6-2)17-13(15)12-11(16-17)8-7-9-14(12,3)4/h10H,5-9,15H2,1-4H3. The van der Waals surface area contributed by atoms with Crippen LogP contribution in [0.5, 0.6) is 0 Å². The number of hydrogen-bond donors (Lipinski definition) is 1. The van der Waals surface area contributed by atoms with Crippen molar-refractivity contribution in [1.29, 1.82) is 0 Å². The van der Waals surface area contributed by atoms with Crippen LogP contribution in [0.3, 0.4) is 0 Å². The number of aromatic nitrogens is 2. The van der Waals surface area contributed by atoms with Crippen LogP contribution in [-0.2, 0) is 11.8 Å². The molecule has 0 atom stereocenters. The van der Waals surface area contributed by atoms with Crippen LogP contribution in [0, 0.1) is 0 Å². The van der Waals surface area contributed by atoms with Crippen LogP contribution in [0.4, 0.5) is 5.82 Å². The molecule has 0 bridgehead atoms. The zero-order valence-corrected chi connectivity index (χ0v) is 11.6. The van der Waals surface area contributed by atoms with Crippen molar-refractivity contribution in [3.8, 4) is 0 Å². The van der Waals surface area contributed by atoms with E-state index in [1.165, 1.54) is 24.1 Å². The summed E-state index contributed by atoms with van der Waals surface area (Å²) >= 11 is 0. The third kappa shape index (κ3) is 1.96. The average molecular weight is 235 g/mol. The van der Waals surface area contributed by atoms with Gasteiger partial charge in [0.25, 0.3) is 0 Å². The van der Waals surface area contributed by atoms with Gasteiger partial charge in [0.1, 0.15) is 5.82 Å². The minimum absolute atomic E-state index is 0.196. The summed E-state index contributed by atoms with van der Waals surface area (Å²) in [6.07, 6.45) is 5.75. The number of nitrogen functional groups attached to an aromatic ring is 1. The number of nitrogens with two attached hydrogens (primary N) is 1. The molecule has 2 rings (SSSR count). The first-order valence-electron chi connectivity index (χ1n) is 6.88. The van der Waals surface area contributed by atoms with Gasteiger partial charge in [-0.05, 0) is 37.5 Å². The fourth-order valence-corrected chi connectivity index (χ4v) is 3.14. The third-order valence-corrected chi connectivity index (χ3v) is 4.20. The Balaban J connectivity index is 2.49. The largest absolute Gasteiger partial charge is 0.384 e. The molecule has 0 amide bonds. The molecule has 0 fully saturated rings. The van der Waals surface area contributed by atoms with Crippen molar-refractivity contribution >= 4 is 5.82 Å². The molecule has 0 saturated carbocycles. The normalized spacial score (nSPS) is 18.4. The Hall–Kier alpha value is -0.990. The van der Waals surface area contributed by atoms with Gasteiger partial charge in [0.2, 0.25) is 0 Å². The first-order chi connectivity index (χ1) is 8.01. The van der Waals surface area contributed by atoms with Crippen molar-refractivity contribution in [2.24, 2.45) is 0 Å². The highest BCUT2D eigenvalue weighted by molar-refractivity contribution is 5.49. The molecule has 1 aromatic heterocycles. The van der Waals surface area contributed by atoms with Gasteiger partial charge >= 0.3 is 0 Å². The molecule has 1 aromatic rings. The Morgan fingerprint density at radius 2 is 2.00 bits per heavy atom. The lowest BCUT2D eigenvalue weighted by molar-refractivity contribution is 0.426. The van der Waals surface area contributed by atoms with Gasteiger partial charge < -0.3 is 5.73 Å². The van der Waals surface area contributed by atoms with Crippen molar-refractivity contribution < 1.29 is 0 Å². The molecule has 17 heavy (non-hydrogen) atoms. The highest BCUT2D eigenvalue weighted by Gasteiger charge is 2.34. The summed E-state index contributed by atoms with van der Waals surface area (Å²) in [7, 11) is 0. The van der Waals surface area contributed by atoms with Crippen LogP contribution in [0.15, 0.2) is 0 Å². The van der Waals surface area contributed by atoms with Crippen LogP contribution in [0.2, 0.25) is 0 Å². The third-order valence-electron chi connectivity index (χ3n) is 4.20. The minimum Gasteiger partial charge on any atom is -0.384 e. The molecule has 0 unspecified atom stereocenters. The van der Waals surface area contributed by atoms with E-state index >= 15 is 0 Å². The fourth-order valence-electron chi connectivity index (χ4n) is 3.14. The minimum atomic E-state index is 0.196. The maximum Gasteiger partial charge on any atom is 0.126 e. The predicted octanol–water partition coefficient (Wildman–Crippen LogP) is 3.44. The molecule has 3 nitrogen and oxygen atoms in total. The first-order valence-corrected chi connectivity index (χ1v) is 6.88.